The zero-order valence-electron chi connectivity index (χ0n) is 13.5. The average molecular weight is 331 g/mol. The molecule has 0 radical (unpaired) electrons. The monoisotopic (exact) mass is 331 g/mol. The molecular formula is C18H21NO5. The molecule has 0 heterocycles. The van der Waals surface area contributed by atoms with Crippen LogP contribution in [0.5, 0.6) is 5.75 Å². The van der Waals surface area contributed by atoms with Gasteiger partial charge in [0.2, 0.25) is 6.54 Å². The molecule has 128 valence electrons. The van der Waals surface area contributed by atoms with Crippen LogP contribution in [-0.4, -0.2) is 29.3 Å². The van der Waals surface area contributed by atoms with E-state index >= 15 is 0 Å². The molecule has 0 aliphatic carbocycles. The van der Waals surface area contributed by atoms with Crippen molar-refractivity contribution in [1.29, 1.82) is 0 Å². The molecule has 0 amide bonds. The maximum atomic E-state index is 10.5. The van der Waals surface area contributed by atoms with Gasteiger partial charge in [-0.1, -0.05) is 42.5 Å². The normalized spacial score (nSPS) is 13.2. The Bertz CT molecular complexity index is 647. The standard InChI is InChI=1S/C18H21NO5/c1-14(12-23-13-15-6-3-2-4-7-15)24-17-9-5-8-16(10-17)18(20)11-19(21)22/h2-10,14,18,20H,11-13H2,1H3/t14?,18-/m1/s1. The first-order chi connectivity index (χ1) is 11.5. The Morgan fingerprint density at radius 2 is 1.92 bits per heavy atom. The lowest BCUT2D eigenvalue weighted by atomic mass is 10.1. The summed E-state index contributed by atoms with van der Waals surface area (Å²) in [7, 11) is 0. The van der Waals surface area contributed by atoms with Gasteiger partial charge in [-0.2, -0.15) is 0 Å². The van der Waals surface area contributed by atoms with Crippen LogP contribution in [0.1, 0.15) is 24.2 Å². The first-order valence-corrected chi connectivity index (χ1v) is 7.72. The highest BCUT2D eigenvalue weighted by Crippen LogP contribution is 2.20. The maximum absolute atomic E-state index is 10.5. The Balaban J connectivity index is 1.82. The van der Waals surface area contributed by atoms with Crippen molar-refractivity contribution in [3.05, 3.63) is 75.8 Å². The highest BCUT2D eigenvalue weighted by molar-refractivity contribution is 5.30. The average Bonchev–Trinajstić information content (AvgIpc) is 2.55. The van der Waals surface area contributed by atoms with Crippen LogP contribution >= 0.6 is 0 Å². The molecule has 1 N–H and O–H groups in total. The molecule has 0 saturated carbocycles. The van der Waals surface area contributed by atoms with Crippen molar-refractivity contribution in [2.75, 3.05) is 13.2 Å². The third-order valence-electron chi connectivity index (χ3n) is 3.37. The largest absolute Gasteiger partial charge is 0.488 e. The SMILES string of the molecule is CC(COCc1ccccc1)Oc1cccc([C@H](O)C[N+](=O)[O-])c1. The van der Waals surface area contributed by atoms with Gasteiger partial charge >= 0.3 is 0 Å². The first-order valence-electron chi connectivity index (χ1n) is 7.72. The van der Waals surface area contributed by atoms with Crippen LogP contribution in [0.3, 0.4) is 0 Å². The van der Waals surface area contributed by atoms with E-state index in [0.29, 0.717) is 24.5 Å². The number of hydrogen-bond acceptors (Lipinski definition) is 5. The van der Waals surface area contributed by atoms with E-state index in [-0.39, 0.29) is 6.10 Å². The molecular weight excluding hydrogens is 310 g/mol. The van der Waals surface area contributed by atoms with E-state index in [1.807, 2.05) is 37.3 Å². The van der Waals surface area contributed by atoms with E-state index in [2.05, 4.69) is 0 Å². The molecule has 2 aromatic rings. The quantitative estimate of drug-likeness (QED) is 0.564. The van der Waals surface area contributed by atoms with Crippen molar-refractivity contribution >= 4 is 0 Å². The summed E-state index contributed by atoms with van der Waals surface area (Å²) < 4.78 is 11.4. The van der Waals surface area contributed by atoms with Gasteiger partial charge in [-0.3, -0.25) is 10.1 Å². The Morgan fingerprint density at radius 3 is 2.62 bits per heavy atom. The van der Waals surface area contributed by atoms with E-state index in [1.54, 1.807) is 24.3 Å². The molecule has 6 nitrogen and oxygen atoms in total. The number of rotatable bonds is 9. The Hall–Kier alpha value is -2.44. The third kappa shape index (κ3) is 5.98. The Labute approximate surface area is 140 Å². The van der Waals surface area contributed by atoms with Gasteiger partial charge in [-0.05, 0) is 30.2 Å². The lowest BCUT2D eigenvalue weighted by Gasteiger charge is -2.16. The van der Waals surface area contributed by atoms with Gasteiger partial charge in [0.05, 0.1) is 13.2 Å². The van der Waals surface area contributed by atoms with Gasteiger partial charge in [-0.15, -0.1) is 0 Å². The number of aliphatic hydroxyl groups excluding tert-OH is 1. The lowest BCUT2D eigenvalue weighted by Crippen LogP contribution is -2.19. The minimum absolute atomic E-state index is 0.184. The van der Waals surface area contributed by atoms with Gasteiger partial charge in [-0.25, -0.2) is 0 Å². The van der Waals surface area contributed by atoms with E-state index < -0.39 is 17.6 Å². The van der Waals surface area contributed by atoms with Crippen LogP contribution in [0.2, 0.25) is 0 Å². The molecule has 0 fully saturated rings. The van der Waals surface area contributed by atoms with Crippen molar-refractivity contribution in [2.24, 2.45) is 0 Å². The van der Waals surface area contributed by atoms with Crippen molar-refractivity contribution in [3.63, 3.8) is 0 Å². The highest BCUT2D eigenvalue weighted by Gasteiger charge is 2.15. The second-order valence-corrected chi connectivity index (χ2v) is 5.53. The molecule has 24 heavy (non-hydrogen) atoms. The van der Waals surface area contributed by atoms with Crippen LogP contribution in [0.15, 0.2) is 54.6 Å². The Kier molecular flexibility index (Phi) is 6.72. The van der Waals surface area contributed by atoms with E-state index in [0.717, 1.165) is 5.56 Å². The fraction of sp³-hybridized carbons (Fsp3) is 0.333. The molecule has 6 heteroatoms. The molecule has 2 rings (SSSR count). The van der Waals surface area contributed by atoms with Crippen molar-refractivity contribution < 1.29 is 19.5 Å². The topological polar surface area (TPSA) is 81.8 Å². The van der Waals surface area contributed by atoms with Gasteiger partial charge in [0.1, 0.15) is 18.0 Å². The Morgan fingerprint density at radius 1 is 1.17 bits per heavy atom. The summed E-state index contributed by atoms with van der Waals surface area (Å²) in [5.74, 6) is 0.547. The summed E-state index contributed by atoms with van der Waals surface area (Å²) in [5.41, 5.74) is 1.55. The molecule has 0 bridgehead atoms. The minimum Gasteiger partial charge on any atom is -0.488 e. The van der Waals surface area contributed by atoms with Crippen LogP contribution in [-0.2, 0) is 11.3 Å². The van der Waals surface area contributed by atoms with Crippen LogP contribution < -0.4 is 4.74 Å². The lowest BCUT2D eigenvalue weighted by molar-refractivity contribution is -0.491. The smallest absolute Gasteiger partial charge is 0.233 e. The summed E-state index contributed by atoms with van der Waals surface area (Å²) in [6, 6.07) is 16.6. The number of nitro groups is 1. The van der Waals surface area contributed by atoms with Crippen molar-refractivity contribution in [2.45, 2.75) is 25.7 Å². The fourth-order valence-corrected chi connectivity index (χ4v) is 2.23. The fourth-order valence-electron chi connectivity index (χ4n) is 2.23. The summed E-state index contributed by atoms with van der Waals surface area (Å²) in [6.07, 6.45) is -1.33. The van der Waals surface area contributed by atoms with Crippen LogP contribution in [0.25, 0.3) is 0 Å². The first kappa shape index (κ1) is 17.9. The second kappa shape index (κ2) is 9.00. The second-order valence-electron chi connectivity index (χ2n) is 5.53. The van der Waals surface area contributed by atoms with Crippen molar-refractivity contribution in [1.82, 2.24) is 0 Å². The van der Waals surface area contributed by atoms with Gasteiger partial charge in [0, 0.05) is 4.92 Å². The van der Waals surface area contributed by atoms with E-state index in [4.69, 9.17) is 9.47 Å². The molecule has 0 aliphatic heterocycles. The molecule has 1 unspecified atom stereocenters. The summed E-state index contributed by atoms with van der Waals surface area (Å²) >= 11 is 0. The number of hydrogen-bond donors (Lipinski definition) is 1. The zero-order chi connectivity index (χ0) is 17.4. The predicted molar refractivity (Wildman–Crippen MR) is 89.5 cm³/mol. The third-order valence-corrected chi connectivity index (χ3v) is 3.37. The zero-order valence-corrected chi connectivity index (χ0v) is 13.5. The predicted octanol–water partition coefficient (Wildman–Crippen LogP) is 2.98. The van der Waals surface area contributed by atoms with Crippen LogP contribution in [0.4, 0.5) is 0 Å². The maximum Gasteiger partial charge on any atom is 0.233 e. The summed E-state index contributed by atoms with van der Waals surface area (Å²) in [4.78, 5) is 9.94. The highest BCUT2D eigenvalue weighted by atomic mass is 16.6. The minimum atomic E-state index is -1.15. The van der Waals surface area contributed by atoms with E-state index in [9.17, 15) is 15.2 Å². The van der Waals surface area contributed by atoms with Crippen molar-refractivity contribution in [3.8, 4) is 5.75 Å². The molecule has 0 aromatic heterocycles. The number of benzene rings is 2. The van der Waals surface area contributed by atoms with Gasteiger partial charge in [0.15, 0.2) is 0 Å². The van der Waals surface area contributed by atoms with Gasteiger partial charge in [0.25, 0.3) is 0 Å². The van der Waals surface area contributed by atoms with Gasteiger partial charge < -0.3 is 14.6 Å². The number of aliphatic hydroxyl groups is 1. The van der Waals surface area contributed by atoms with Crippen LogP contribution in [0, 0.1) is 10.1 Å². The summed E-state index contributed by atoms with van der Waals surface area (Å²) in [5, 5.41) is 20.3. The molecule has 0 saturated heterocycles. The molecule has 0 spiro atoms. The number of ether oxygens (including phenoxy) is 2. The molecule has 2 atom stereocenters. The molecule has 0 aliphatic rings. The number of nitrogens with zero attached hydrogens (tertiary/aromatic N) is 1. The summed E-state index contributed by atoms with van der Waals surface area (Å²) in [6.45, 7) is 2.27. The molecule has 2 aromatic carbocycles. The van der Waals surface area contributed by atoms with E-state index in [1.165, 1.54) is 0 Å².